The second kappa shape index (κ2) is 9.82. The summed E-state index contributed by atoms with van der Waals surface area (Å²) in [5, 5.41) is 3.19. The lowest BCUT2D eigenvalue weighted by atomic mass is 9.44. The van der Waals surface area contributed by atoms with E-state index in [1.165, 1.54) is 64.2 Å². The van der Waals surface area contributed by atoms with Gasteiger partial charge in [0, 0.05) is 19.4 Å². The van der Waals surface area contributed by atoms with E-state index >= 15 is 0 Å². The molecule has 0 aliphatic heterocycles. The topological polar surface area (TPSA) is 29.1 Å². The van der Waals surface area contributed by atoms with E-state index in [0.29, 0.717) is 23.2 Å². The number of carbonyl (C=O) groups excluding carboxylic acids is 1. The largest absolute Gasteiger partial charge is 0.356 e. The van der Waals surface area contributed by atoms with Crippen molar-refractivity contribution in [1.29, 1.82) is 0 Å². The molecule has 0 spiro atoms. The molecule has 1 N–H and O–H groups in total. The van der Waals surface area contributed by atoms with Crippen LogP contribution in [0, 0.1) is 46.3 Å². The maximum absolute atomic E-state index is 12.5. The number of hydrogen-bond acceptors (Lipinski definition) is 1. The highest BCUT2D eigenvalue weighted by Gasteiger charge is 2.60. The molecule has 8 atom stereocenters. The van der Waals surface area contributed by atoms with Crippen LogP contribution in [0.4, 0.5) is 0 Å². The Morgan fingerprint density at radius 2 is 1.70 bits per heavy atom. The van der Waals surface area contributed by atoms with Crippen molar-refractivity contribution in [3.05, 3.63) is 0 Å². The summed E-state index contributed by atoms with van der Waals surface area (Å²) in [7, 11) is 6.65. The quantitative estimate of drug-likeness (QED) is 0.319. The average molecular weight is 460 g/mol. The third kappa shape index (κ3) is 5.19. The van der Waals surface area contributed by atoms with Crippen molar-refractivity contribution < 1.29 is 9.28 Å². The summed E-state index contributed by atoms with van der Waals surface area (Å²) >= 11 is 0. The first-order valence-electron chi connectivity index (χ1n) is 14.6. The van der Waals surface area contributed by atoms with Crippen LogP contribution in [0.25, 0.3) is 0 Å². The number of quaternary nitrogens is 1. The molecule has 4 rings (SSSR count). The average Bonchev–Trinajstić information content (AvgIpc) is 3.11. The highest BCUT2D eigenvalue weighted by Crippen LogP contribution is 2.68. The van der Waals surface area contributed by atoms with Crippen LogP contribution in [0.3, 0.4) is 0 Å². The van der Waals surface area contributed by atoms with Gasteiger partial charge in [-0.2, -0.15) is 0 Å². The van der Waals surface area contributed by atoms with Crippen molar-refractivity contribution in [1.82, 2.24) is 5.32 Å². The van der Waals surface area contributed by atoms with Crippen LogP contribution >= 0.6 is 0 Å². The Balaban J connectivity index is 1.30. The van der Waals surface area contributed by atoms with Gasteiger partial charge in [0.25, 0.3) is 0 Å². The SMILES string of the molecule is C[C@H](CCC(=O)NCCC[N+](C)(C)C)[C@H]1CC[C@H]2[C@@H]3CCC4CCCC[C@]4(C)[C@H]3CC[C@]12C. The predicted octanol–water partition coefficient (Wildman–Crippen LogP) is 6.66. The summed E-state index contributed by atoms with van der Waals surface area (Å²) in [4.78, 5) is 12.5. The molecule has 190 valence electrons. The van der Waals surface area contributed by atoms with Crippen LogP contribution in [0.5, 0.6) is 0 Å². The van der Waals surface area contributed by atoms with Crippen LogP contribution in [-0.4, -0.2) is 44.6 Å². The molecule has 4 fully saturated rings. The number of amides is 1. The molecule has 0 saturated heterocycles. The Labute approximate surface area is 205 Å². The minimum Gasteiger partial charge on any atom is -0.356 e. The zero-order chi connectivity index (χ0) is 23.9. The van der Waals surface area contributed by atoms with Crippen LogP contribution < -0.4 is 5.32 Å². The molecule has 0 aromatic carbocycles. The Morgan fingerprint density at radius 1 is 0.939 bits per heavy atom. The van der Waals surface area contributed by atoms with Crippen molar-refractivity contribution in [3.8, 4) is 0 Å². The molecule has 0 aromatic heterocycles. The molecule has 1 amide bonds. The second-order valence-electron chi connectivity index (χ2n) is 14.4. The molecule has 4 aliphatic carbocycles. The maximum atomic E-state index is 12.5. The standard InChI is InChI=1S/C30H54N2O/c1-22(11-16-28(33)31-20-9-21-32(4,5)6)25-14-15-26-24-13-12-23-10-7-8-18-29(23,2)27(24)17-19-30(25,26)3/h22-27H,7-21H2,1-6H3/p+1/t22-,23?,24+,25-,26+,27+,29+,30-/m1/s1. The van der Waals surface area contributed by atoms with Crippen molar-refractivity contribution in [2.75, 3.05) is 34.2 Å². The monoisotopic (exact) mass is 459 g/mol. The number of nitrogens with zero attached hydrogens (tertiary/aromatic N) is 1. The number of carbonyl (C=O) groups is 1. The first-order valence-corrected chi connectivity index (χ1v) is 14.6. The molecular weight excluding hydrogens is 404 g/mol. The maximum Gasteiger partial charge on any atom is 0.220 e. The molecule has 0 heterocycles. The molecule has 0 aromatic rings. The first kappa shape index (κ1) is 25.5. The van der Waals surface area contributed by atoms with Gasteiger partial charge in [-0.1, -0.05) is 33.6 Å². The van der Waals surface area contributed by atoms with E-state index < -0.39 is 0 Å². The highest BCUT2D eigenvalue weighted by molar-refractivity contribution is 5.75. The molecule has 3 heteroatoms. The van der Waals surface area contributed by atoms with Gasteiger partial charge in [0.2, 0.25) is 5.91 Å². The minimum atomic E-state index is 0.273. The highest BCUT2D eigenvalue weighted by atomic mass is 16.1. The Bertz CT molecular complexity index is 683. The lowest BCUT2D eigenvalue weighted by Crippen LogP contribution is -2.53. The summed E-state index contributed by atoms with van der Waals surface area (Å²) in [5.41, 5.74) is 1.18. The van der Waals surface area contributed by atoms with Gasteiger partial charge < -0.3 is 9.80 Å². The number of hydrogen-bond donors (Lipinski definition) is 1. The molecule has 3 nitrogen and oxygen atoms in total. The van der Waals surface area contributed by atoms with Gasteiger partial charge in [0.15, 0.2) is 0 Å². The predicted molar refractivity (Wildman–Crippen MR) is 139 cm³/mol. The third-order valence-corrected chi connectivity index (χ3v) is 11.5. The van der Waals surface area contributed by atoms with Gasteiger partial charge in [0.1, 0.15) is 0 Å². The van der Waals surface area contributed by atoms with E-state index in [9.17, 15) is 4.79 Å². The first-order chi connectivity index (χ1) is 15.5. The number of nitrogens with one attached hydrogen (secondary N) is 1. The van der Waals surface area contributed by atoms with Crippen LogP contribution in [-0.2, 0) is 4.79 Å². The summed E-state index contributed by atoms with van der Waals surface area (Å²) in [6, 6.07) is 0. The van der Waals surface area contributed by atoms with E-state index in [0.717, 1.165) is 60.0 Å². The van der Waals surface area contributed by atoms with Crippen LogP contribution in [0.2, 0.25) is 0 Å². The molecular formula is C30H55N2O+. The van der Waals surface area contributed by atoms with E-state index in [1.54, 1.807) is 0 Å². The minimum absolute atomic E-state index is 0.273. The van der Waals surface area contributed by atoms with Gasteiger partial charge in [-0.3, -0.25) is 4.79 Å². The smallest absolute Gasteiger partial charge is 0.220 e. The van der Waals surface area contributed by atoms with Gasteiger partial charge >= 0.3 is 0 Å². The molecule has 0 bridgehead atoms. The normalized spacial score (nSPS) is 41.6. The van der Waals surface area contributed by atoms with Gasteiger partial charge in [-0.05, 0) is 104 Å². The fraction of sp³-hybridized carbons (Fsp3) is 0.967. The number of rotatable bonds is 8. The Morgan fingerprint density at radius 3 is 2.45 bits per heavy atom. The van der Waals surface area contributed by atoms with Crippen molar-refractivity contribution in [2.45, 2.75) is 104 Å². The van der Waals surface area contributed by atoms with Crippen molar-refractivity contribution >= 4 is 5.91 Å². The van der Waals surface area contributed by atoms with Crippen molar-refractivity contribution in [2.24, 2.45) is 46.3 Å². The van der Waals surface area contributed by atoms with Crippen molar-refractivity contribution in [3.63, 3.8) is 0 Å². The fourth-order valence-electron chi connectivity index (χ4n) is 9.70. The Hall–Kier alpha value is -0.570. The molecule has 4 aliphatic rings. The lowest BCUT2D eigenvalue weighted by Gasteiger charge is -2.61. The van der Waals surface area contributed by atoms with E-state index in [2.05, 4.69) is 47.2 Å². The van der Waals surface area contributed by atoms with Gasteiger partial charge in [-0.25, -0.2) is 0 Å². The Kier molecular flexibility index (Phi) is 7.60. The summed E-state index contributed by atoms with van der Waals surface area (Å²) < 4.78 is 0.968. The number of fused-ring (bicyclic) bond motifs is 5. The third-order valence-electron chi connectivity index (χ3n) is 11.5. The fourth-order valence-corrected chi connectivity index (χ4v) is 9.70. The van der Waals surface area contributed by atoms with E-state index in [1.807, 2.05) is 0 Å². The van der Waals surface area contributed by atoms with Gasteiger partial charge in [-0.15, -0.1) is 0 Å². The summed E-state index contributed by atoms with van der Waals surface area (Å²) in [5.74, 6) is 5.74. The zero-order valence-electron chi connectivity index (χ0n) is 22.9. The molecule has 0 radical (unpaired) electrons. The molecule has 4 saturated carbocycles. The zero-order valence-corrected chi connectivity index (χ0v) is 22.9. The second-order valence-corrected chi connectivity index (χ2v) is 14.4. The van der Waals surface area contributed by atoms with Crippen LogP contribution in [0.1, 0.15) is 104 Å². The van der Waals surface area contributed by atoms with E-state index in [-0.39, 0.29) is 5.91 Å². The van der Waals surface area contributed by atoms with E-state index in [4.69, 9.17) is 0 Å². The summed E-state index contributed by atoms with van der Waals surface area (Å²) in [6.45, 7) is 9.77. The molecule has 1 unspecified atom stereocenters. The molecule has 33 heavy (non-hydrogen) atoms. The lowest BCUT2D eigenvalue weighted by molar-refractivity contribution is -0.870. The van der Waals surface area contributed by atoms with Crippen LogP contribution in [0.15, 0.2) is 0 Å². The summed E-state index contributed by atoms with van der Waals surface area (Å²) in [6.07, 6.45) is 17.7. The van der Waals surface area contributed by atoms with Gasteiger partial charge in [0.05, 0.1) is 27.7 Å².